The lowest BCUT2D eigenvalue weighted by Crippen LogP contribution is -2.10. The summed E-state index contributed by atoms with van der Waals surface area (Å²) in [5.41, 5.74) is 10.6. The van der Waals surface area contributed by atoms with Gasteiger partial charge in [0.25, 0.3) is 0 Å². The van der Waals surface area contributed by atoms with E-state index >= 15 is 0 Å². The van der Waals surface area contributed by atoms with Crippen molar-refractivity contribution >= 4 is 115 Å². The van der Waals surface area contributed by atoms with E-state index in [-0.39, 0.29) is 0 Å². The molecule has 0 fully saturated rings. The van der Waals surface area contributed by atoms with E-state index in [0.717, 1.165) is 61.3 Å². The molecule has 12 aromatic carbocycles. The lowest BCUT2D eigenvalue weighted by atomic mass is 9.97. The maximum absolute atomic E-state index is 7.02. The van der Waals surface area contributed by atoms with Crippen molar-refractivity contribution in [3.63, 3.8) is 0 Å². The van der Waals surface area contributed by atoms with Crippen LogP contribution >= 0.6 is 0 Å². The topological polar surface area (TPSA) is 21.3 Å². The van der Waals surface area contributed by atoms with Crippen LogP contribution in [0.25, 0.3) is 114 Å². The zero-order chi connectivity index (χ0) is 42.6. The Morgan fingerprint density at radius 3 is 1.71 bits per heavy atom. The Kier molecular flexibility index (Phi) is 7.69. The highest BCUT2D eigenvalue weighted by Gasteiger charge is 2.25. The molecule has 0 saturated carbocycles. The summed E-state index contributed by atoms with van der Waals surface area (Å²) in [5.74, 6) is 0. The molecule has 0 saturated heterocycles. The zero-order valence-corrected chi connectivity index (χ0v) is 35.2. The highest BCUT2D eigenvalue weighted by molar-refractivity contribution is 6.23. The fraction of sp³-hybridized carbons (Fsp3) is 0. The van der Waals surface area contributed by atoms with Crippen LogP contribution in [0, 0.1) is 0 Å². The van der Waals surface area contributed by atoms with E-state index < -0.39 is 0 Å². The Labute approximate surface area is 374 Å². The van der Waals surface area contributed by atoms with Crippen LogP contribution in [0.15, 0.2) is 235 Å². The Hall–Kier alpha value is -8.66. The molecule has 0 unspecified atom stereocenters. The fourth-order valence-electron chi connectivity index (χ4n) is 10.7. The quantitative estimate of drug-likeness (QED) is 0.161. The van der Waals surface area contributed by atoms with Gasteiger partial charge >= 0.3 is 0 Å². The summed E-state index contributed by atoms with van der Waals surface area (Å²) in [6, 6.07) is 84.1. The van der Waals surface area contributed by atoms with Crippen molar-refractivity contribution in [1.82, 2.24) is 4.57 Å². The van der Waals surface area contributed by atoms with Crippen LogP contribution < -0.4 is 4.90 Å². The maximum atomic E-state index is 7.02. The second-order valence-corrected chi connectivity index (χ2v) is 17.2. The summed E-state index contributed by atoms with van der Waals surface area (Å²) in [7, 11) is 0. The Morgan fingerprint density at radius 2 is 0.892 bits per heavy atom. The summed E-state index contributed by atoms with van der Waals surface area (Å²) < 4.78 is 9.49. The van der Waals surface area contributed by atoms with Crippen LogP contribution in [0.5, 0.6) is 0 Å². The van der Waals surface area contributed by atoms with Crippen molar-refractivity contribution in [3.05, 3.63) is 231 Å². The lowest BCUT2D eigenvalue weighted by Gasteiger charge is -2.27. The molecule has 0 spiro atoms. The van der Waals surface area contributed by atoms with E-state index in [1.165, 1.54) is 70.2 Å². The molecule has 0 amide bonds. The van der Waals surface area contributed by atoms with Gasteiger partial charge in [0.15, 0.2) is 5.58 Å². The molecule has 0 aliphatic heterocycles. The first-order valence-corrected chi connectivity index (χ1v) is 22.3. The number of nitrogens with zero attached hydrogens (tertiary/aromatic N) is 2. The number of fused-ring (bicyclic) bond motifs is 13. The van der Waals surface area contributed by atoms with Crippen molar-refractivity contribution in [2.75, 3.05) is 4.90 Å². The normalized spacial score (nSPS) is 12.0. The molecule has 302 valence electrons. The Morgan fingerprint density at radius 1 is 0.323 bits per heavy atom. The number of para-hydroxylation sites is 1. The van der Waals surface area contributed by atoms with Crippen molar-refractivity contribution in [1.29, 1.82) is 0 Å². The molecule has 3 heteroatoms. The summed E-state index contributed by atoms with van der Waals surface area (Å²) in [5, 5.41) is 16.8. The zero-order valence-electron chi connectivity index (χ0n) is 35.2. The van der Waals surface area contributed by atoms with Crippen molar-refractivity contribution < 1.29 is 4.42 Å². The number of rotatable bonds is 5. The third-order valence-corrected chi connectivity index (χ3v) is 13.7. The molecule has 0 aliphatic rings. The Bertz CT molecular complexity index is 4240. The molecule has 65 heavy (non-hydrogen) atoms. The van der Waals surface area contributed by atoms with Crippen LogP contribution in [0.2, 0.25) is 0 Å². The molecule has 0 N–H and O–H groups in total. The monoisotopic (exact) mass is 826 g/mol. The molecular formula is C62H38N2O. The summed E-state index contributed by atoms with van der Waals surface area (Å²) in [4.78, 5) is 2.43. The second kappa shape index (κ2) is 13.9. The summed E-state index contributed by atoms with van der Waals surface area (Å²) >= 11 is 0. The van der Waals surface area contributed by atoms with Crippen LogP contribution in [-0.4, -0.2) is 4.57 Å². The highest BCUT2D eigenvalue weighted by Crippen LogP contribution is 2.49. The van der Waals surface area contributed by atoms with E-state index in [1.807, 2.05) is 0 Å². The number of hydrogen-bond donors (Lipinski definition) is 0. The minimum absolute atomic E-state index is 0.851. The van der Waals surface area contributed by atoms with E-state index in [9.17, 15) is 0 Å². The molecule has 2 heterocycles. The predicted octanol–water partition coefficient (Wildman–Crippen LogP) is 17.6. The van der Waals surface area contributed by atoms with Gasteiger partial charge in [-0.1, -0.05) is 170 Å². The average molecular weight is 827 g/mol. The van der Waals surface area contributed by atoms with Crippen LogP contribution in [-0.2, 0) is 0 Å². The fourth-order valence-corrected chi connectivity index (χ4v) is 10.7. The molecule has 14 rings (SSSR count). The molecular weight excluding hydrogens is 789 g/mol. The standard InChI is InChI=1S/C62H38N2O/c1-2-16-45-38-58-53(37-44(45)15-1)61-55(23-11-24-56(61)64(58)54-22-9-17-40-12-4-7-19-49(40)54)63(57-25-10-21-51-60-50-20-8-5-14-42(50)32-35-59(60)65-62(51)57)47-33-30-39(31-34-47)46-29-28-43-27-26-41-13-3-6-18-48(41)52(43)36-46/h1-38H. The van der Waals surface area contributed by atoms with Gasteiger partial charge in [-0.05, 0) is 120 Å². The third kappa shape index (κ3) is 5.43. The van der Waals surface area contributed by atoms with E-state index in [0.29, 0.717) is 0 Å². The van der Waals surface area contributed by atoms with Crippen molar-refractivity contribution in [2.24, 2.45) is 0 Å². The van der Waals surface area contributed by atoms with Gasteiger partial charge in [-0.25, -0.2) is 0 Å². The number of aromatic nitrogens is 1. The molecule has 2 aromatic heterocycles. The highest BCUT2D eigenvalue weighted by atomic mass is 16.3. The smallest absolute Gasteiger partial charge is 0.159 e. The number of hydrogen-bond acceptors (Lipinski definition) is 2. The lowest BCUT2D eigenvalue weighted by molar-refractivity contribution is 0.669. The number of anilines is 3. The first-order valence-electron chi connectivity index (χ1n) is 22.3. The summed E-state index contributed by atoms with van der Waals surface area (Å²) in [6.45, 7) is 0. The van der Waals surface area contributed by atoms with Gasteiger partial charge in [-0.3, -0.25) is 0 Å². The second-order valence-electron chi connectivity index (χ2n) is 17.2. The van der Waals surface area contributed by atoms with Gasteiger partial charge in [-0.2, -0.15) is 0 Å². The van der Waals surface area contributed by atoms with Crippen LogP contribution in [0.1, 0.15) is 0 Å². The van der Waals surface area contributed by atoms with Crippen molar-refractivity contribution in [3.8, 4) is 16.8 Å². The van der Waals surface area contributed by atoms with Crippen LogP contribution in [0.4, 0.5) is 17.1 Å². The third-order valence-electron chi connectivity index (χ3n) is 13.7. The van der Waals surface area contributed by atoms with Gasteiger partial charge in [0.1, 0.15) is 5.58 Å². The molecule has 14 aromatic rings. The van der Waals surface area contributed by atoms with Gasteiger partial charge in [-0.15, -0.1) is 0 Å². The van der Waals surface area contributed by atoms with E-state index in [1.54, 1.807) is 0 Å². The number of benzene rings is 12. The summed E-state index contributed by atoms with van der Waals surface area (Å²) in [6.07, 6.45) is 0. The van der Waals surface area contributed by atoms with Crippen LogP contribution in [0.3, 0.4) is 0 Å². The van der Waals surface area contributed by atoms with Gasteiger partial charge in [0.2, 0.25) is 0 Å². The largest absolute Gasteiger partial charge is 0.454 e. The first kappa shape index (κ1) is 35.9. The van der Waals surface area contributed by atoms with Gasteiger partial charge in [0.05, 0.1) is 28.1 Å². The molecule has 0 radical (unpaired) electrons. The maximum Gasteiger partial charge on any atom is 0.159 e. The SMILES string of the molecule is c1ccc2cc3c(cc2c1)c1c(N(c2ccc(-c4ccc5ccc6ccccc6c5c4)cc2)c2cccc4c2oc2ccc5ccccc5c24)cccc1n3-c1cccc2ccccc12. The van der Waals surface area contributed by atoms with E-state index in [2.05, 4.69) is 240 Å². The van der Waals surface area contributed by atoms with E-state index in [4.69, 9.17) is 4.42 Å². The first-order chi connectivity index (χ1) is 32.2. The minimum atomic E-state index is 0.851. The molecule has 0 atom stereocenters. The van der Waals surface area contributed by atoms with Gasteiger partial charge in [0, 0.05) is 32.6 Å². The predicted molar refractivity (Wildman–Crippen MR) is 276 cm³/mol. The molecule has 0 bridgehead atoms. The molecule has 3 nitrogen and oxygen atoms in total. The van der Waals surface area contributed by atoms with Crippen molar-refractivity contribution in [2.45, 2.75) is 0 Å². The van der Waals surface area contributed by atoms with Gasteiger partial charge < -0.3 is 13.9 Å². The Balaban J connectivity index is 1.05. The minimum Gasteiger partial charge on any atom is -0.454 e. The number of furan rings is 1. The average Bonchev–Trinajstić information content (AvgIpc) is 3.92. The molecule has 0 aliphatic carbocycles.